The van der Waals surface area contributed by atoms with Crippen molar-refractivity contribution < 1.29 is 9.53 Å². The number of carbonyl (C=O) groups excluding carboxylic acids is 1. The summed E-state index contributed by atoms with van der Waals surface area (Å²) in [4.78, 5) is 13.8. The molecule has 0 spiro atoms. The molecule has 0 aliphatic heterocycles. The smallest absolute Gasteiger partial charge is 0.432 e. The van der Waals surface area contributed by atoms with Gasteiger partial charge in [0, 0.05) is 6.21 Å². The molecule has 0 rings (SSSR count). The third-order valence-corrected chi connectivity index (χ3v) is 0.653. The van der Waals surface area contributed by atoms with Gasteiger partial charge in [-0.1, -0.05) is 13.8 Å². The molecule has 0 atom stereocenters. The fraction of sp³-hybridized carbons (Fsp3) is 0.667. The van der Waals surface area contributed by atoms with E-state index in [9.17, 15) is 4.79 Å². The normalized spacial score (nSPS) is 10.7. The number of amides is 1. The number of nitrogens with zero attached hydrogens (tertiary/aromatic N) is 1. The first-order chi connectivity index (χ1) is 4.16. The fourth-order valence-electron chi connectivity index (χ4n) is 0.263. The van der Waals surface area contributed by atoms with Gasteiger partial charge in [-0.3, -0.25) is 0 Å². The number of hydrogen-bond donors (Lipinski definition) is 0. The highest BCUT2D eigenvalue weighted by molar-refractivity contribution is 5.79. The summed E-state index contributed by atoms with van der Waals surface area (Å²) in [6, 6.07) is 0. The van der Waals surface area contributed by atoms with Gasteiger partial charge in [0.25, 0.3) is 0 Å². The van der Waals surface area contributed by atoms with Gasteiger partial charge >= 0.3 is 6.09 Å². The van der Waals surface area contributed by atoms with Crippen molar-refractivity contribution in [2.75, 3.05) is 7.11 Å². The lowest BCUT2D eigenvalue weighted by Gasteiger charge is -1.91. The van der Waals surface area contributed by atoms with E-state index in [0.717, 1.165) is 0 Å². The van der Waals surface area contributed by atoms with Crippen LogP contribution < -0.4 is 0 Å². The van der Waals surface area contributed by atoms with Gasteiger partial charge in [0.2, 0.25) is 0 Å². The number of aliphatic imine (C=N–C) groups is 1. The molecule has 1 amide bonds. The van der Waals surface area contributed by atoms with Crippen LogP contribution in [0.1, 0.15) is 13.8 Å². The Kier molecular flexibility index (Phi) is 3.67. The van der Waals surface area contributed by atoms with Gasteiger partial charge in [0.1, 0.15) is 0 Å². The number of methoxy groups -OCH3 is 1. The molecule has 0 aromatic rings. The number of ether oxygens (including phenoxy) is 1. The topological polar surface area (TPSA) is 38.7 Å². The molecule has 0 N–H and O–H groups in total. The Balaban J connectivity index is 3.57. The van der Waals surface area contributed by atoms with E-state index >= 15 is 0 Å². The molecule has 0 aliphatic carbocycles. The van der Waals surface area contributed by atoms with E-state index in [1.807, 2.05) is 13.8 Å². The number of rotatable bonds is 1. The maximum Gasteiger partial charge on any atom is 0.432 e. The highest BCUT2D eigenvalue weighted by Gasteiger charge is 1.91. The quantitative estimate of drug-likeness (QED) is 0.503. The Bertz CT molecular complexity index is 118. The number of hydrogen-bond acceptors (Lipinski definition) is 2. The highest BCUT2D eigenvalue weighted by Crippen LogP contribution is 1.86. The summed E-state index contributed by atoms with van der Waals surface area (Å²) in [5.74, 6) is 0.295. The molecule has 0 unspecified atom stereocenters. The molecule has 0 saturated heterocycles. The van der Waals surface area contributed by atoms with Crippen molar-refractivity contribution in [3.8, 4) is 0 Å². The predicted molar refractivity (Wildman–Crippen MR) is 35.7 cm³/mol. The molecule has 0 aromatic carbocycles. The summed E-state index contributed by atoms with van der Waals surface area (Å²) >= 11 is 0. The van der Waals surface area contributed by atoms with E-state index < -0.39 is 6.09 Å². The minimum atomic E-state index is -0.538. The van der Waals surface area contributed by atoms with Gasteiger partial charge in [0.05, 0.1) is 7.11 Å². The summed E-state index contributed by atoms with van der Waals surface area (Å²) in [6.07, 6.45) is 1.01. The second-order valence-electron chi connectivity index (χ2n) is 1.99. The zero-order valence-corrected chi connectivity index (χ0v) is 5.92. The van der Waals surface area contributed by atoms with E-state index in [1.165, 1.54) is 7.11 Å². The van der Waals surface area contributed by atoms with Crippen LogP contribution >= 0.6 is 0 Å². The highest BCUT2D eigenvalue weighted by atomic mass is 16.5. The van der Waals surface area contributed by atoms with Crippen LogP contribution in [0.15, 0.2) is 4.99 Å². The first-order valence-electron chi connectivity index (χ1n) is 2.79. The third-order valence-electron chi connectivity index (χ3n) is 0.653. The van der Waals surface area contributed by atoms with Crippen molar-refractivity contribution in [2.24, 2.45) is 10.9 Å². The van der Waals surface area contributed by atoms with Crippen LogP contribution in [0.5, 0.6) is 0 Å². The number of carbonyl (C=O) groups is 1. The molecule has 3 nitrogen and oxygen atoms in total. The van der Waals surface area contributed by atoms with E-state index in [1.54, 1.807) is 6.21 Å². The Hall–Kier alpha value is -0.860. The Labute approximate surface area is 54.7 Å². The van der Waals surface area contributed by atoms with Crippen LogP contribution in [0, 0.1) is 5.92 Å². The Morgan fingerprint density at radius 3 is 2.56 bits per heavy atom. The molecule has 0 heterocycles. The van der Waals surface area contributed by atoms with Crippen LogP contribution in [0.4, 0.5) is 4.79 Å². The van der Waals surface area contributed by atoms with Crippen LogP contribution in [-0.4, -0.2) is 19.4 Å². The van der Waals surface area contributed by atoms with E-state index in [-0.39, 0.29) is 0 Å². The lowest BCUT2D eigenvalue weighted by atomic mass is 10.3. The third kappa shape index (κ3) is 5.00. The predicted octanol–water partition coefficient (Wildman–Crippen LogP) is 1.48. The first kappa shape index (κ1) is 8.14. The minimum absolute atomic E-state index is 0.295. The fourth-order valence-corrected chi connectivity index (χ4v) is 0.263. The Morgan fingerprint density at radius 2 is 2.22 bits per heavy atom. The molecule has 52 valence electrons. The van der Waals surface area contributed by atoms with Gasteiger partial charge in [0.15, 0.2) is 0 Å². The second-order valence-corrected chi connectivity index (χ2v) is 1.99. The summed E-state index contributed by atoms with van der Waals surface area (Å²) < 4.78 is 4.26. The van der Waals surface area contributed by atoms with Crippen molar-refractivity contribution in [3.05, 3.63) is 0 Å². The second kappa shape index (κ2) is 4.06. The van der Waals surface area contributed by atoms with Crippen molar-refractivity contribution in [1.29, 1.82) is 0 Å². The van der Waals surface area contributed by atoms with Gasteiger partial charge in [-0.05, 0) is 5.92 Å². The van der Waals surface area contributed by atoms with Crippen molar-refractivity contribution in [3.63, 3.8) is 0 Å². The molecule has 9 heavy (non-hydrogen) atoms. The molecule has 0 fully saturated rings. The minimum Gasteiger partial charge on any atom is -0.451 e. The lowest BCUT2D eigenvalue weighted by Crippen LogP contribution is -1.95. The molecule has 0 saturated carbocycles. The molecular weight excluding hydrogens is 118 g/mol. The van der Waals surface area contributed by atoms with Crippen molar-refractivity contribution in [2.45, 2.75) is 13.8 Å². The maximum atomic E-state index is 10.3. The monoisotopic (exact) mass is 129 g/mol. The molecule has 0 aromatic heterocycles. The van der Waals surface area contributed by atoms with Crippen molar-refractivity contribution >= 4 is 12.3 Å². The van der Waals surface area contributed by atoms with E-state index in [4.69, 9.17) is 0 Å². The first-order valence-corrected chi connectivity index (χ1v) is 2.79. The molecular formula is C6H11NO2. The summed E-state index contributed by atoms with van der Waals surface area (Å²) in [5, 5.41) is 0. The SMILES string of the molecule is COC(=O)N=CC(C)C. The van der Waals surface area contributed by atoms with E-state index in [2.05, 4.69) is 9.73 Å². The summed E-state index contributed by atoms with van der Waals surface area (Å²) in [7, 11) is 1.31. The maximum absolute atomic E-state index is 10.3. The molecule has 3 heteroatoms. The van der Waals surface area contributed by atoms with Gasteiger partial charge < -0.3 is 4.74 Å². The summed E-state index contributed by atoms with van der Waals surface area (Å²) in [5.41, 5.74) is 0. The molecule has 0 bridgehead atoms. The summed E-state index contributed by atoms with van der Waals surface area (Å²) in [6.45, 7) is 3.87. The van der Waals surface area contributed by atoms with Crippen LogP contribution in [0.25, 0.3) is 0 Å². The standard InChI is InChI=1S/C6H11NO2/c1-5(2)4-7-6(8)9-3/h4-5H,1-3H3. The average molecular weight is 129 g/mol. The van der Waals surface area contributed by atoms with Gasteiger partial charge in [-0.15, -0.1) is 0 Å². The molecule has 0 radical (unpaired) electrons. The van der Waals surface area contributed by atoms with Crippen LogP contribution in [0.3, 0.4) is 0 Å². The van der Waals surface area contributed by atoms with E-state index in [0.29, 0.717) is 5.92 Å². The zero-order valence-electron chi connectivity index (χ0n) is 5.92. The Morgan fingerprint density at radius 1 is 1.67 bits per heavy atom. The van der Waals surface area contributed by atoms with Gasteiger partial charge in [-0.2, -0.15) is 4.99 Å². The van der Waals surface area contributed by atoms with Crippen LogP contribution in [-0.2, 0) is 4.74 Å². The average Bonchev–Trinajstić information content (AvgIpc) is 1.83. The van der Waals surface area contributed by atoms with Crippen molar-refractivity contribution in [1.82, 2.24) is 0 Å². The lowest BCUT2D eigenvalue weighted by molar-refractivity contribution is 0.182. The van der Waals surface area contributed by atoms with Gasteiger partial charge in [-0.25, -0.2) is 4.79 Å². The largest absolute Gasteiger partial charge is 0.451 e. The van der Waals surface area contributed by atoms with Crippen LogP contribution in [0.2, 0.25) is 0 Å². The molecule has 0 aliphatic rings. The zero-order chi connectivity index (χ0) is 7.28.